The number of aryl methyl sites for hydroxylation is 1. The third kappa shape index (κ3) is 4.26. The minimum Gasteiger partial charge on any atom is -0.481 e. The number of rotatable bonds is 7. The van der Waals surface area contributed by atoms with Gasteiger partial charge in [0, 0.05) is 50.2 Å². The van der Waals surface area contributed by atoms with Crippen LogP contribution >= 0.6 is 0 Å². The molecule has 0 radical (unpaired) electrons. The molecule has 0 atom stereocenters. The molecule has 0 aliphatic heterocycles. The monoisotopic (exact) mass is 391 g/mol. The maximum Gasteiger partial charge on any atom is 0.212 e. The van der Waals surface area contributed by atoms with Gasteiger partial charge >= 0.3 is 0 Å². The van der Waals surface area contributed by atoms with Gasteiger partial charge in [0.25, 0.3) is 0 Å². The lowest BCUT2D eigenvalue weighted by molar-refractivity contribution is 0.398. The van der Waals surface area contributed by atoms with Crippen LogP contribution in [0.1, 0.15) is 19.4 Å². The van der Waals surface area contributed by atoms with E-state index in [0.29, 0.717) is 11.6 Å². The van der Waals surface area contributed by atoms with Crippen LogP contribution in [0.15, 0.2) is 48.8 Å². The van der Waals surface area contributed by atoms with E-state index in [2.05, 4.69) is 51.8 Å². The van der Waals surface area contributed by atoms with Gasteiger partial charge in [-0.05, 0) is 42.7 Å². The molecule has 0 unspecified atom stereocenters. The predicted octanol–water partition coefficient (Wildman–Crippen LogP) is 4.52. The first kappa shape index (κ1) is 20.5. The van der Waals surface area contributed by atoms with Crippen LogP contribution < -0.4 is 20.3 Å². The summed E-state index contributed by atoms with van der Waals surface area (Å²) in [6, 6.07) is 12.4. The van der Waals surface area contributed by atoms with Crippen LogP contribution in [0, 0.1) is 0 Å². The Kier molecular flexibility index (Phi) is 6.22. The van der Waals surface area contributed by atoms with E-state index in [4.69, 9.17) is 10.5 Å². The lowest BCUT2D eigenvalue weighted by atomic mass is 10.0. The van der Waals surface area contributed by atoms with Crippen molar-refractivity contribution in [3.05, 3.63) is 54.4 Å². The standard InChI is InChI=1S/C23H29N5O/c1-6-16-12-17(18-9-11-23(29-5)26-14-18)8-10-20(16)28(4)22-13-21(27(3)7-2)19(24)15-25-22/h8-15H,6-7,24H2,1-5H3. The number of nitrogens with zero attached hydrogens (tertiary/aromatic N) is 4. The molecule has 29 heavy (non-hydrogen) atoms. The van der Waals surface area contributed by atoms with Crippen molar-refractivity contribution in [3.63, 3.8) is 0 Å². The Hall–Kier alpha value is -3.28. The number of pyridine rings is 2. The zero-order valence-corrected chi connectivity index (χ0v) is 17.8. The molecule has 0 saturated carbocycles. The minimum absolute atomic E-state index is 0.614. The van der Waals surface area contributed by atoms with Crippen LogP contribution in [0.4, 0.5) is 22.9 Å². The van der Waals surface area contributed by atoms with Gasteiger partial charge in [-0.1, -0.05) is 13.0 Å². The largest absolute Gasteiger partial charge is 0.481 e. The third-order valence-electron chi connectivity index (χ3n) is 5.23. The molecular weight excluding hydrogens is 362 g/mol. The maximum atomic E-state index is 6.13. The fourth-order valence-electron chi connectivity index (χ4n) is 3.30. The number of benzene rings is 1. The van der Waals surface area contributed by atoms with Crippen LogP contribution in [0.2, 0.25) is 0 Å². The molecule has 152 valence electrons. The minimum atomic E-state index is 0.614. The molecular formula is C23H29N5O. The van der Waals surface area contributed by atoms with Crippen molar-refractivity contribution in [1.82, 2.24) is 9.97 Å². The van der Waals surface area contributed by atoms with E-state index in [1.165, 1.54) is 5.56 Å². The first-order chi connectivity index (χ1) is 14.0. The SMILES string of the molecule is CCc1cc(-c2ccc(OC)nc2)ccc1N(C)c1cc(N(C)CC)c(N)cn1. The summed E-state index contributed by atoms with van der Waals surface area (Å²) in [5, 5.41) is 0. The van der Waals surface area contributed by atoms with Gasteiger partial charge in [0.1, 0.15) is 5.82 Å². The van der Waals surface area contributed by atoms with Crippen LogP contribution in [0.5, 0.6) is 5.88 Å². The summed E-state index contributed by atoms with van der Waals surface area (Å²) in [5.74, 6) is 1.48. The second-order valence-corrected chi connectivity index (χ2v) is 6.96. The van der Waals surface area contributed by atoms with E-state index in [1.807, 2.05) is 38.5 Å². The third-order valence-corrected chi connectivity index (χ3v) is 5.23. The van der Waals surface area contributed by atoms with Crippen molar-refractivity contribution in [3.8, 4) is 17.0 Å². The number of nitrogens with two attached hydrogens (primary N) is 1. The van der Waals surface area contributed by atoms with E-state index >= 15 is 0 Å². The van der Waals surface area contributed by atoms with Gasteiger partial charge in [0.05, 0.1) is 24.7 Å². The summed E-state index contributed by atoms with van der Waals surface area (Å²) in [4.78, 5) is 13.1. The number of aromatic nitrogens is 2. The highest BCUT2D eigenvalue weighted by molar-refractivity contribution is 5.75. The Morgan fingerprint density at radius 3 is 2.31 bits per heavy atom. The number of hydrogen-bond donors (Lipinski definition) is 1. The van der Waals surface area contributed by atoms with Gasteiger partial charge in [-0.25, -0.2) is 9.97 Å². The van der Waals surface area contributed by atoms with Crippen molar-refractivity contribution >= 4 is 22.9 Å². The van der Waals surface area contributed by atoms with Gasteiger partial charge in [-0.3, -0.25) is 0 Å². The molecule has 1 aromatic carbocycles. The highest BCUT2D eigenvalue weighted by Gasteiger charge is 2.14. The molecule has 6 nitrogen and oxygen atoms in total. The molecule has 0 bridgehead atoms. The van der Waals surface area contributed by atoms with Crippen molar-refractivity contribution < 1.29 is 4.74 Å². The van der Waals surface area contributed by atoms with Gasteiger partial charge in [0.2, 0.25) is 5.88 Å². The van der Waals surface area contributed by atoms with Crippen LogP contribution in [0.25, 0.3) is 11.1 Å². The van der Waals surface area contributed by atoms with Gasteiger partial charge < -0.3 is 20.3 Å². The summed E-state index contributed by atoms with van der Waals surface area (Å²) >= 11 is 0. The van der Waals surface area contributed by atoms with Crippen LogP contribution in [-0.2, 0) is 6.42 Å². The quantitative estimate of drug-likeness (QED) is 0.639. The molecule has 3 aromatic rings. The van der Waals surface area contributed by atoms with E-state index in [-0.39, 0.29) is 0 Å². The zero-order chi connectivity index (χ0) is 21.0. The fraction of sp³-hybridized carbons (Fsp3) is 0.304. The average molecular weight is 392 g/mol. The molecule has 2 N–H and O–H groups in total. The van der Waals surface area contributed by atoms with E-state index < -0.39 is 0 Å². The smallest absolute Gasteiger partial charge is 0.212 e. The van der Waals surface area contributed by atoms with Gasteiger partial charge in [0.15, 0.2) is 0 Å². The highest BCUT2D eigenvalue weighted by atomic mass is 16.5. The van der Waals surface area contributed by atoms with Crippen molar-refractivity contribution in [1.29, 1.82) is 0 Å². The first-order valence-electron chi connectivity index (χ1n) is 9.82. The van der Waals surface area contributed by atoms with Crippen LogP contribution in [-0.4, -0.2) is 37.7 Å². The van der Waals surface area contributed by atoms with Crippen molar-refractivity contribution in [2.24, 2.45) is 0 Å². The fourth-order valence-corrected chi connectivity index (χ4v) is 3.30. The number of methoxy groups -OCH3 is 1. The molecule has 0 aliphatic rings. The van der Waals surface area contributed by atoms with Crippen molar-refractivity contribution in [2.75, 3.05) is 43.3 Å². The molecule has 3 rings (SSSR count). The first-order valence-corrected chi connectivity index (χ1v) is 9.82. The Balaban J connectivity index is 1.96. The van der Waals surface area contributed by atoms with Gasteiger partial charge in [-0.2, -0.15) is 0 Å². The highest BCUT2D eigenvalue weighted by Crippen LogP contribution is 2.33. The Morgan fingerprint density at radius 1 is 0.931 bits per heavy atom. The molecule has 0 fully saturated rings. The van der Waals surface area contributed by atoms with E-state index in [0.717, 1.165) is 41.3 Å². The van der Waals surface area contributed by atoms with Crippen molar-refractivity contribution in [2.45, 2.75) is 20.3 Å². The second kappa shape index (κ2) is 8.82. The summed E-state index contributed by atoms with van der Waals surface area (Å²) in [6.07, 6.45) is 4.48. The summed E-state index contributed by atoms with van der Waals surface area (Å²) < 4.78 is 5.16. The number of hydrogen-bond acceptors (Lipinski definition) is 6. The van der Waals surface area contributed by atoms with Crippen LogP contribution in [0.3, 0.4) is 0 Å². The Bertz CT molecular complexity index is 972. The topological polar surface area (TPSA) is 67.5 Å². The number of nitrogen functional groups attached to an aromatic ring is 1. The molecule has 6 heteroatoms. The molecule has 0 aliphatic carbocycles. The maximum absolute atomic E-state index is 6.13. The lowest BCUT2D eigenvalue weighted by Gasteiger charge is -2.25. The molecule has 0 saturated heterocycles. The molecule has 0 amide bonds. The summed E-state index contributed by atoms with van der Waals surface area (Å²) in [6.45, 7) is 5.14. The summed E-state index contributed by atoms with van der Waals surface area (Å²) in [5.41, 5.74) is 12.4. The Morgan fingerprint density at radius 2 is 1.69 bits per heavy atom. The van der Waals surface area contributed by atoms with E-state index in [1.54, 1.807) is 13.3 Å². The van der Waals surface area contributed by atoms with Gasteiger partial charge in [-0.15, -0.1) is 0 Å². The molecule has 2 heterocycles. The molecule has 2 aromatic heterocycles. The van der Waals surface area contributed by atoms with E-state index in [9.17, 15) is 0 Å². The number of ether oxygens (including phenoxy) is 1. The second-order valence-electron chi connectivity index (χ2n) is 6.96. The zero-order valence-electron chi connectivity index (χ0n) is 17.8. The Labute approximate surface area is 173 Å². The predicted molar refractivity (Wildman–Crippen MR) is 121 cm³/mol. The average Bonchev–Trinajstić information content (AvgIpc) is 2.78. The summed E-state index contributed by atoms with van der Waals surface area (Å²) in [7, 11) is 5.69. The lowest BCUT2D eigenvalue weighted by Crippen LogP contribution is -2.19. The number of anilines is 4. The molecule has 0 spiro atoms. The normalized spacial score (nSPS) is 10.7.